The maximum atomic E-state index is 12.3. The molecule has 0 aliphatic heterocycles. The number of carbonyl (C=O) groups excluding carboxylic acids is 1. The van der Waals surface area contributed by atoms with E-state index in [4.69, 9.17) is 5.11 Å². The fraction of sp³-hybridized carbons (Fsp3) is 0.700. The molecule has 1 atom stereocenters. The van der Waals surface area contributed by atoms with Crippen LogP contribution in [0, 0.1) is 0 Å². The van der Waals surface area contributed by atoms with E-state index in [9.17, 15) is 44.3 Å². The summed E-state index contributed by atoms with van der Waals surface area (Å²) >= 11 is 0. The SMILES string of the molecule is C=C(C(=O)OC(C)CC(O)(C(F)(F)F)C(F)(F)F)C(F)(F)F. The summed E-state index contributed by atoms with van der Waals surface area (Å²) in [7, 11) is 0. The van der Waals surface area contributed by atoms with Crippen molar-refractivity contribution in [1.29, 1.82) is 0 Å². The summed E-state index contributed by atoms with van der Waals surface area (Å²) in [5.74, 6) is -2.24. The number of alkyl halides is 9. The number of rotatable bonds is 4. The van der Waals surface area contributed by atoms with Crippen molar-refractivity contribution in [2.75, 3.05) is 0 Å². The first-order valence-electron chi connectivity index (χ1n) is 5.26. The summed E-state index contributed by atoms with van der Waals surface area (Å²) in [5, 5.41) is 8.78. The van der Waals surface area contributed by atoms with Gasteiger partial charge in [0.05, 0.1) is 0 Å². The van der Waals surface area contributed by atoms with Gasteiger partial charge < -0.3 is 9.84 Å². The first-order chi connectivity index (χ1) is 9.43. The van der Waals surface area contributed by atoms with Crippen molar-refractivity contribution in [3.05, 3.63) is 12.2 Å². The number of halogens is 9. The quantitative estimate of drug-likeness (QED) is 0.482. The van der Waals surface area contributed by atoms with Gasteiger partial charge in [-0.3, -0.25) is 0 Å². The van der Waals surface area contributed by atoms with E-state index in [-0.39, 0.29) is 0 Å². The Bertz CT molecular complexity index is 418. The number of hydrogen-bond donors (Lipinski definition) is 1. The van der Waals surface area contributed by atoms with Crippen LogP contribution in [0.25, 0.3) is 0 Å². The lowest BCUT2D eigenvalue weighted by atomic mass is 9.95. The van der Waals surface area contributed by atoms with E-state index in [0.717, 1.165) is 0 Å². The maximum Gasteiger partial charge on any atom is 0.426 e. The second-order valence-electron chi connectivity index (χ2n) is 4.25. The predicted octanol–water partition coefficient (Wildman–Crippen LogP) is 3.28. The van der Waals surface area contributed by atoms with Gasteiger partial charge in [0.15, 0.2) is 0 Å². The molecular formula is C10H9F9O3. The van der Waals surface area contributed by atoms with Crippen LogP contribution in [0.5, 0.6) is 0 Å². The largest absolute Gasteiger partial charge is 0.459 e. The number of ether oxygens (including phenoxy) is 1. The Labute approximate surface area is 117 Å². The molecule has 0 aromatic carbocycles. The van der Waals surface area contributed by atoms with Gasteiger partial charge in [-0.1, -0.05) is 6.58 Å². The monoisotopic (exact) mass is 348 g/mol. The van der Waals surface area contributed by atoms with Crippen molar-refractivity contribution in [2.45, 2.75) is 43.6 Å². The fourth-order valence-electron chi connectivity index (χ4n) is 1.22. The number of esters is 1. The highest BCUT2D eigenvalue weighted by Gasteiger charge is 2.70. The average molecular weight is 348 g/mol. The third kappa shape index (κ3) is 4.52. The molecule has 12 heteroatoms. The van der Waals surface area contributed by atoms with Crippen LogP contribution in [0.3, 0.4) is 0 Å². The molecule has 0 fully saturated rings. The molecule has 0 aliphatic carbocycles. The van der Waals surface area contributed by atoms with Gasteiger partial charge >= 0.3 is 24.5 Å². The summed E-state index contributed by atoms with van der Waals surface area (Å²) < 4.78 is 114. The molecule has 22 heavy (non-hydrogen) atoms. The van der Waals surface area contributed by atoms with Crippen LogP contribution in [0.1, 0.15) is 13.3 Å². The highest BCUT2D eigenvalue weighted by Crippen LogP contribution is 2.46. The molecule has 0 saturated carbocycles. The molecule has 1 unspecified atom stereocenters. The van der Waals surface area contributed by atoms with Gasteiger partial charge in [0, 0.05) is 6.42 Å². The second kappa shape index (κ2) is 5.97. The number of aliphatic hydroxyl groups is 1. The predicted molar refractivity (Wildman–Crippen MR) is 52.4 cm³/mol. The van der Waals surface area contributed by atoms with E-state index in [2.05, 4.69) is 11.3 Å². The summed E-state index contributed by atoms with van der Waals surface area (Å²) in [4.78, 5) is 10.9. The number of carbonyl (C=O) groups is 1. The lowest BCUT2D eigenvalue weighted by Gasteiger charge is -2.34. The van der Waals surface area contributed by atoms with Crippen molar-refractivity contribution >= 4 is 5.97 Å². The topological polar surface area (TPSA) is 46.5 Å². The van der Waals surface area contributed by atoms with Gasteiger partial charge in [-0.2, -0.15) is 39.5 Å². The molecule has 0 rings (SSSR count). The van der Waals surface area contributed by atoms with Gasteiger partial charge in [0.25, 0.3) is 5.60 Å². The zero-order chi connectivity index (χ0) is 18.1. The minimum atomic E-state index is -6.17. The lowest BCUT2D eigenvalue weighted by Crippen LogP contribution is -2.58. The molecule has 1 N–H and O–H groups in total. The third-order valence-corrected chi connectivity index (χ3v) is 2.42. The van der Waals surface area contributed by atoms with Crippen LogP contribution in [-0.4, -0.2) is 41.3 Å². The minimum Gasteiger partial charge on any atom is -0.459 e. The van der Waals surface area contributed by atoms with Gasteiger partial charge in [-0.25, -0.2) is 4.79 Å². The van der Waals surface area contributed by atoms with E-state index < -0.39 is 48.2 Å². The highest BCUT2D eigenvalue weighted by atomic mass is 19.4. The Morgan fingerprint density at radius 3 is 1.68 bits per heavy atom. The molecule has 0 bridgehead atoms. The van der Waals surface area contributed by atoms with E-state index in [1.54, 1.807) is 0 Å². The van der Waals surface area contributed by atoms with Gasteiger partial charge in [-0.15, -0.1) is 0 Å². The molecule has 0 spiro atoms. The Kier molecular flexibility index (Phi) is 5.57. The van der Waals surface area contributed by atoms with Crippen molar-refractivity contribution in [1.82, 2.24) is 0 Å². The molecule has 0 amide bonds. The second-order valence-corrected chi connectivity index (χ2v) is 4.25. The van der Waals surface area contributed by atoms with Crippen LogP contribution in [0.15, 0.2) is 12.2 Å². The zero-order valence-corrected chi connectivity index (χ0v) is 10.7. The maximum absolute atomic E-state index is 12.3. The summed E-state index contributed by atoms with van der Waals surface area (Å²) in [6.07, 6.45) is -22.2. The van der Waals surface area contributed by atoms with Crippen LogP contribution < -0.4 is 0 Å². The first kappa shape index (κ1) is 20.5. The fourth-order valence-corrected chi connectivity index (χ4v) is 1.22. The molecule has 0 aliphatic rings. The normalized spacial score (nSPS) is 15.4. The van der Waals surface area contributed by atoms with Gasteiger partial charge in [0.1, 0.15) is 11.7 Å². The van der Waals surface area contributed by atoms with Crippen LogP contribution in [-0.2, 0) is 9.53 Å². The van der Waals surface area contributed by atoms with E-state index in [1.807, 2.05) is 0 Å². The Morgan fingerprint density at radius 1 is 1.05 bits per heavy atom. The molecule has 0 saturated heterocycles. The van der Waals surface area contributed by atoms with Crippen molar-refractivity contribution in [3.63, 3.8) is 0 Å². The standard InChI is InChI=1S/C10H9F9O3/c1-4(22-6(20)5(2)8(11,12)13)3-7(21,9(14,15)16)10(17,18)19/h4,21H,2-3H2,1H3. The van der Waals surface area contributed by atoms with Crippen LogP contribution in [0.4, 0.5) is 39.5 Å². The molecule has 0 aromatic heterocycles. The smallest absolute Gasteiger partial charge is 0.426 e. The Morgan fingerprint density at radius 2 is 1.41 bits per heavy atom. The minimum absolute atomic E-state index is 0.462. The van der Waals surface area contributed by atoms with Gasteiger partial charge in [-0.05, 0) is 6.92 Å². The Balaban J connectivity index is 5.14. The molecule has 3 nitrogen and oxygen atoms in total. The number of hydrogen-bond acceptors (Lipinski definition) is 3. The molecule has 130 valence electrons. The van der Waals surface area contributed by atoms with E-state index in [1.165, 1.54) is 0 Å². The average Bonchev–Trinajstić information content (AvgIpc) is 2.22. The summed E-state index contributed by atoms with van der Waals surface area (Å²) in [6, 6.07) is 0. The third-order valence-electron chi connectivity index (χ3n) is 2.42. The van der Waals surface area contributed by atoms with Crippen LogP contribution >= 0.6 is 0 Å². The molecule has 0 heterocycles. The van der Waals surface area contributed by atoms with E-state index in [0.29, 0.717) is 6.92 Å². The van der Waals surface area contributed by atoms with Crippen LogP contribution in [0.2, 0.25) is 0 Å². The highest BCUT2D eigenvalue weighted by molar-refractivity contribution is 5.89. The lowest BCUT2D eigenvalue weighted by molar-refractivity contribution is -0.373. The zero-order valence-electron chi connectivity index (χ0n) is 10.7. The Hall–Kier alpha value is -1.46. The molecule has 0 radical (unpaired) electrons. The summed E-state index contributed by atoms with van der Waals surface area (Å²) in [6.45, 7) is 2.73. The van der Waals surface area contributed by atoms with Crippen molar-refractivity contribution < 1.29 is 54.2 Å². The van der Waals surface area contributed by atoms with Crippen molar-refractivity contribution in [3.8, 4) is 0 Å². The van der Waals surface area contributed by atoms with E-state index >= 15 is 0 Å². The summed E-state index contributed by atoms with van der Waals surface area (Å²) in [5.41, 5.74) is -7.35. The first-order valence-corrected chi connectivity index (χ1v) is 5.26. The van der Waals surface area contributed by atoms with Gasteiger partial charge in [0.2, 0.25) is 0 Å². The molecular weight excluding hydrogens is 339 g/mol. The van der Waals surface area contributed by atoms with Crippen molar-refractivity contribution in [2.24, 2.45) is 0 Å². The molecule has 0 aromatic rings.